The summed E-state index contributed by atoms with van der Waals surface area (Å²) < 4.78 is 4.58. The minimum absolute atomic E-state index is 0.108. The predicted molar refractivity (Wildman–Crippen MR) is 58.2 cm³/mol. The number of aliphatic hydroxyl groups is 1. The summed E-state index contributed by atoms with van der Waals surface area (Å²) in [6.07, 6.45) is 1.78. The quantitative estimate of drug-likeness (QED) is 0.759. The number of aliphatic hydroxyl groups excluding tert-OH is 1. The highest BCUT2D eigenvalue weighted by molar-refractivity contribution is 5.93. The van der Waals surface area contributed by atoms with Gasteiger partial charge in [-0.1, -0.05) is 6.92 Å². The monoisotopic (exact) mass is 225 g/mol. The van der Waals surface area contributed by atoms with Crippen LogP contribution in [0.15, 0.2) is 27.6 Å². The van der Waals surface area contributed by atoms with Crippen molar-refractivity contribution < 1.29 is 14.3 Å². The maximum Gasteiger partial charge on any atom is 0.335 e. The Kier molecular flexibility index (Phi) is 4.72. The van der Waals surface area contributed by atoms with Gasteiger partial charge in [0.1, 0.15) is 6.26 Å². The van der Waals surface area contributed by atoms with Crippen LogP contribution in [0.2, 0.25) is 0 Å². The molecule has 1 atom stereocenters. The molecular weight excluding hydrogens is 210 g/mol. The summed E-state index contributed by atoms with van der Waals surface area (Å²) in [6.45, 7) is 2.53. The van der Waals surface area contributed by atoms with E-state index in [0.717, 1.165) is 6.26 Å². The molecule has 0 spiro atoms. The Morgan fingerprint density at radius 3 is 2.88 bits per heavy atom. The smallest absolute Gasteiger partial charge is 0.335 e. The van der Waals surface area contributed by atoms with Crippen molar-refractivity contribution in [2.75, 3.05) is 13.2 Å². The number of carbonyl (C=O) groups excluding carboxylic acids is 1. The maximum atomic E-state index is 11.5. The molecule has 1 aromatic rings. The lowest BCUT2D eigenvalue weighted by atomic mass is 10.1. The minimum atomic E-state index is -0.481. The molecule has 0 bridgehead atoms. The molecule has 88 valence electrons. The first-order valence-corrected chi connectivity index (χ1v) is 5.11. The predicted octanol–water partition coefficient (Wildman–Crippen LogP) is 0.388. The first-order valence-electron chi connectivity index (χ1n) is 5.11. The SMILES string of the molecule is CC(CCO)CNC(=O)c1ccc(=O)oc1. The van der Waals surface area contributed by atoms with Crippen LogP contribution >= 0.6 is 0 Å². The summed E-state index contributed by atoms with van der Waals surface area (Å²) in [5, 5.41) is 11.4. The molecule has 1 rings (SSSR count). The van der Waals surface area contributed by atoms with Crippen LogP contribution in [0.4, 0.5) is 0 Å². The van der Waals surface area contributed by atoms with Gasteiger partial charge in [0.2, 0.25) is 0 Å². The van der Waals surface area contributed by atoms with Crippen LogP contribution in [-0.4, -0.2) is 24.2 Å². The second kappa shape index (κ2) is 6.07. The van der Waals surface area contributed by atoms with Gasteiger partial charge in [0.25, 0.3) is 5.91 Å². The fourth-order valence-electron chi connectivity index (χ4n) is 1.18. The van der Waals surface area contributed by atoms with E-state index in [1.54, 1.807) is 0 Å². The molecule has 5 nitrogen and oxygen atoms in total. The van der Waals surface area contributed by atoms with Gasteiger partial charge in [0.05, 0.1) is 5.56 Å². The Morgan fingerprint density at radius 2 is 2.31 bits per heavy atom. The van der Waals surface area contributed by atoms with Gasteiger partial charge >= 0.3 is 5.63 Å². The van der Waals surface area contributed by atoms with Gasteiger partial charge in [0, 0.05) is 19.2 Å². The lowest BCUT2D eigenvalue weighted by Crippen LogP contribution is -2.28. The van der Waals surface area contributed by atoms with Crippen LogP contribution in [0.3, 0.4) is 0 Å². The van der Waals surface area contributed by atoms with Gasteiger partial charge in [0.15, 0.2) is 0 Å². The number of carbonyl (C=O) groups is 1. The summed E-state index contributed by atoms with van der Waals surface area (Å²) in [7, 11) is 0. The van der Waals surface area contributed by atoms with Crippen molar-refractivity contribution in [3.05, 3.63) is 34.4 Å². The lowest BCUT2D eigenvalue weighted by molar-refractivity contribution is 0.0943. The summed E-state index contributed by atoms with van der Waals surface area (Å²) >= 11 is 0. The average Bonchev–Trinajstić information content (AvgIpc) is 2.27. The molecule has 16 heavy (non-hydrogen) atoms. The Balaban J connectivity index is 2.46. The summed E-state index contributed by atoms with van der Waals surface area (Å²) in [4.78, 5) is 22.2. The molecule has 0 aliphatic carbocycles. The van der Waals surface area contributed by atoms with Crippen LogP contribution < -0.4 is 10.9 Å². The minimum Gasteiger partial charge on any atom is -0.430 e. The molecule has 0 saturated carbocycles. The summed E-state index contributed by atoms with van der Waals surface area (Å²) in [6, 6.07) is 2.62. The van der Waals surface area contributed by atoms with Gasteiger partial charge < -0.3 is 14.8 Å². The van der Waals surface area contributed by atoms with Crippen LogP contribution in [-0.2, 0) is 0 Å². The first kappa shape index (κ1) is 12.4. The molecule has 0 saturated heterocycles. The average molecular weight is 225 g/mol. The molecule has 1 unspecified atom stereocenters. The Labute approximate surface area is 93.1 Å². The van der Waals surface area contributed by atoms with Gasteiger partial charge in [-0.3, -0.25) is 4.79 Å². The normalized spacial score (nSPS) is 12.1. The second-order valence-electron chi connectivity index (χ2n) is 3.67. The number of nitrogens with one attached hydrogen (secondary N) is 1. The standard InChI is InChI=1S/C11H15NO4/c1-8(4-5-13)6-12-11(15)9-2-3-10(14)16-7-9/h2-3,7-8,13H,4-6H2,1H3,(H,12,15). The second-order valence-corrected chi connectivity index (χ2v) is 3.67. The number of rotatable bonds is 5. The van der Waals surface area contributed by atoms with Crippen molar-refractivity contribution >= 4 is 5.91 Å². The number of hydrogen-bond donors (Lipinski definition) is 2. The fourth-order valence-corrected chi connectivity index (χ4v) is 1.18. The van der Waals surface area contributed by atoms with Gasteiger partial charge in [-0.2, -0.15) is 0 Å². The third kappa shape index (κ3) is 3.86. The van der Waals surface area contributed by atoms with Crippen LogP contribution in [0.25, 0.3) is 0 Å². The molecule has 0 aliphatic heterocycles. The first-order chi connectivity index (χ1) is 7.63. The molecule has 1 heterocycles. The third-order valence-electron chi connectivity index (χ3n) is 2.20. The number of hydrogen-bond acceptors (Lipinski definition) is 4. The molecule has 1 amide bonds. The van der Waals surface area contributed by atoms with E-state index < -0.39 is 5.63 Å². The van der Waals surface area contributed by atoms with Gasteiger partial charge in [-0.25, -0.2) is 4.79 Å². The maximum absolute atomic E-state index is 11.5. The largest absolute Gasteiger partial charge is 0.430 e. The summed E-state index contributed by atoms with van der Waals surface area (Å²) in [5.41, 5.74) is -0.166. The zero-order chi connectivity index (χ0) is 12.0. The zero-order valence-corrected chi connectivity index (χ0v) is 9.10. The van der Waals surface area contributed by atoms with Crippen LogP contribution in [0.5, 0.6) is 0 Å². The van der Waals surface area contributed by atoms with E-state index >= 15 is 0 Å². The molecule has 5 heteroatoms. The zero-order valence-electron chi connectivity index (χ0n) is 9.10. The van der Waals surface area contributed by atoms with Crippen molar-refractivity contribution in [2.24, 2.45) is 5.92 Å². The van der Waals surface area contributed by atoms with Crippen molar-refractivity contribution in [3.8, 4) is 0 Å². The Morgan fingerprint density at radius 1 is 1.56 bits per heavy atom. The lowest BCUT2D eigenvalue weighted by Gasteiger charge is -2.10. The third-order valence-corrected chi connectivity index (χ3v) is 2.20. The number of amides is 1. The van der Waals surface area contributed by atoms with E-state index in [1.165, 1.54) is 12.1 Å². The van der Waals surface area contributed by atoms with E-state index in [2.05, 4.69) is 9.73 Å². The molecule has 2 N–H and O–H groups in total. The van der Waals surface area contributed by atoms with Crippen molar-refractivity contribution in [1.29, 1.82) is 0 Å². The highest BCUT2D eigenvalue weighted by Gasteiger charge is 2.08. The van der Waals surface area contributed by atoms with E-state index in [-0.39, 0.29) is 18.4 Å². The van der Waals surface area contributed by atoms with Crippen molar-refractivity contribution in [2.45, 2.75) is 13.3 Å². The van der Waals surface area contributed by atoms with Gasteiger partial charge in [-0.15, -0.1) is 0 Å². The van der Waals surface area contributed by atoms with Gasteiger partial charge in [-0.05, 0) is 18.4 Å². The molecule has 0 aromatic carbocycles. The van der Waals surface area contributed by atoms with E-state index in [4.69, 9.17) is 5.11 Å². The molecular formula is C11H15NO4. The highest BCUT2D eigenvalue weighted by Crippen LogP contribution is 2.00. The topological polar surface area (TPSA) is 79.5 Å². The van der Waals surface area contributed by atoms with E-state index in [1.807, 2.05) is 6.92 Å². The van der Waals surface area contributed by atoms with E-state index in [9.17, 15) is 9.59 Å². The highest BCUT2D eigenvalue weighted by atomic mass is 16.4. The van der Waals surface area contributed by atoms with Crippen LogP contribution in [0, 0.1) is 5.92 Å². The fraction of sp³-hybridized carbons (Fsp3) is 0.455. The van der Waals surface area contributed by atoms with Crippen molar-refractivity contribution in [3.63, 3.8) is 0 Å². The molecule has 1 aromatic heterocycles. The molecule has 0 radical (unpaired) electrons. The Hall–Kier alpha value is -1.62. The Bertz CT molecular complexity index is 379. The molecule has 0 aliphatic rings. The summed E-state index contributed by atoms with van der Waals surface area (Å²) in [5.74, 6) is -0.0711. The van der Waals surface area contributed by atoms with Crippen LogP contribution in [0.1, 0.15) is 23.7 Å². The van der Waals surface area contributed by atoms with E-state index in [0.29, 0.717) is 18.5 Å². The molecule has 0 fully saturated rings. The van der Waals surface area contributed by atoms with Crippen molar-refractivity contribution in [1.82, 2.24) is 5.32 Å².